The van der Waals surface area contributed by atoms with Gasteiger partial charge >= 0.3 is 0 Å². The van der Waals surface area contributed by atoms with Crippen molar-refractivity contribution in [2.75, 3.05) is 26.2 Å². The van der Waals surface area contributed by atoms with E-state index in [2.05, 4.69) is 32.9 Å². The third-order valence-corrected chi connectivity index (χ3v) is 5.82. The molecule has 0 radical (unpaired) electrons. The molecule has 1 aromatic heterocycles. The molecule has 0 aliphatic heterocycles. The van der Waals surface area contributed by atoms with Gasteiger partial charge in [-0.1, -0.05) is 38.0 Å². The number of nitrogens with one attached hydrogen (secondary N) is 4. The van der Waals surface area contributed by atoms with E-state index >= 15 is 0 Å². The summed E-state index contributed by atoms with van der Waals surface area (Å²) in [6.07, 6.45) is 7.61. The zero-order chi connectivity index (χ0) is 25.5. The van der Waals surface area contributed by atoms with Gasteiger partial charge in [0.2, 0.25) is 11.8 Å². The van der Waals surface area contributed by atoms with Crippen molar-refractivity contribution in [3.63, 3.8) is 0 Å². The SMILES string of the molecule is CCCCCNCCCNC(=O)C(Cc1c[nH]c2ccccc12)NC(=O)C(N)CCCN=C(N)N. The molecule has 35 heavy (non-hydrogen) atoms. The number of carbonyl (C=O) groups is 2. The van der Waals surface area contributed by atoms with Gasteiger partial charge in [-0.3, -0.25) is 14.6 Å². The van der Waals surface area contributed by atoms with Crippen molar-refractivity contribution < 1.29 is 9.59 Å². The Hall–Kier alpha value is -3.11. The van der Waals surface area contributed by atoms with Crippen LogP contribution < -0.4 is 33.2 Å². The lowest BCUT2D eigenvalue weighted by Gasteiger charge is -2.21. The van der Waals surface area contributed by atoms with Crippen LogP contribution in [0.2, 0.25) is 0 Å². The van der Waals surface area contributed by atoms with Crippen LogP contribution in [0, 0.1) is 0 Å². The molecule has 0 aliphatic rings. The number of amides is 2. The van der Waals surface area contributed by atoms with Gasteiger partial charge in [0.1, 0.15) is 6.04 Å². The van der Waals surface area contributed by atoms with Crippen LogP contribution in [0.5, 0.6) is 0 Å². The lowest BCUT2D eigenvalue weighted by atomic mass is 10.0. The highest BCUT2D eigenvalue weighted by molar-refractivity contribution is 5.91. The molecule has 2 aromatic rings. The van der Waals surface area contributed by atoms with Crippen LogP contribution in [-0.4, -0.2) is 61.0 Å². The predicted molar refractivity (Wildman–Crippen MR) is 142 cm³/mol. The molecule has 0 aliphatic carbocycles. The van der Waals surface area contributed by atoms with Crippen molar-refractivity contribution in [3.05, 3.63) is 36.0 Å². The van der Waals surface area contributed by atoms with E-state index in [1.165, 1.54) is 12.8 Å². The van der Waals surface area contributed by atoms with Crippen LogP contribution in [0.25, 0.3) is 10.9 Å². The molecular weight excluding hydrogens is 444 g/mol. The van der Waals surface area contributed by atoms with Crippen molar-refractivity contribution in [2.45, 2.75) is 64.0 Å². The van der Waals surface area contributed by atoms with Crippen molar-refractivity contribution in [2.24, 2.45) is 22.2 Å². The Morgan fingerprint density at radius 2 is 1.80 bits per heavy atom. The standard InChI is InChI=1S/C25H42N8O2/c1-2-3-6-12-29-13-8-15-30-24(35)22(16-18-17-32-21-11-5-4-9-19(18)21)33-23(34)20(26)10-7-14-31-25(27)28/h4-5,9,11,17,20,22,29,32H,2-3,6-8,10,12-16,26H2,1H3,(H,30,35)(H,33,34)(H4,27,28,31). The van der Waals surface area contributed by atoms with Gasteiger partial charge in [-0.05, 0) is 50.4 Å². The van der Waals surface area contributed by atoms with Crippen molar-refractivity contribution in [3.8, 4) is 0 Å². The molecule has 194 valence electrons. The maximum atomic E-state index is 13.0. The number of para-hydroxylation sites is 1. The first-order valence-electron chi connectivity index (χ1n) is 12.6. The van der Waals surface area contributed by atoms with E-state index in [0.29, 0.717) is 32.4 Å². The minimum Gasteiger partial charge on any atom is -0.370 e. The maximum Gasteiger partial charge on any atom is 0.242 e. The first-order valence-corrected chi connectivity index (χ1v) is 12.6. The molecule has 0 fully saturated rings. The molecule has 10 nitrogen and oxygen atoms in total. The maximum absolute atomic E-state index is 13.0. The van der Waals surface area contributed by atoms with E-state index in [-0.39, 0.29) is 17.8 Å². The Labute approximate surface area is 207 Å². The van der Waals surface area contributed by atoms with Gasteiger partial charge in [0.15, 0.2) is 5.96 Å². The molecule has 10 N–H and O–H groups in total. The molecule has 2 rings (SSSR count). The largest absolute Gasteiger partial charge is 0.370 e. The number of nitrogens with two attached hydrogens (primary N) is 3. The monoisotopic (exact) mass is 486 g/mol. The van der Waals surface area contributed by atoms with Gasteiger partial charge in [0.05, 0.1) is 6.04 Å². The van der Waals surface area contributed by atoms with E-state index < -0.39 is 12.1 Å². The van der Waals surface area contributed by atoms with E-state index in [4.69, 9.17) is 17.2 Å². The lowest BCUT2D eigenvalue weighted by molar-refractivity contribution is -0.129. The Morgan fingerprint density at radius 3 is 2.57 bits per heavy atom. The van der Waals surface area contributed by atoms with Gasteiger partial charge in [-0.2, -0.15) is 0 Å². The van der Waals surface area contributed by atoms with Crippen LogP contribution in [0.4, 0.5) is 0 Å². The average molecular weight is 487 g/mol. The zero-order valence-corrected chi connectivity index (χ0v) is 20.8. The van der Waals surface area contributed by atoms with Crippen molar-refractivity contribution in [1.82, 2.24) is 20.9 Å². The third kappa shape index (κ3) is 10.4. The van der Waals surface area contributed by atoms with Crippen LogP contribution in [0.15, 0.2) is 35.5 Å². The predicted octanol–water partition coefficient (Wildman–Crippen LogP) is 0.862. The summed E-state index contributed by atoms with van der Waals surface area (Å²) in [6.45, 7) is 4.94. The van der Waals surface area contributed by atoms with Gasteiger partial charge in [-0.15, -0.1) is 0 Å². The topological polar surface area (TPSA) is 176 Å². The molecule has 0 saturated carbocycles. The molecule has 0 bridgehead atoms. The molecule has 1 aromatic carbocycles. The van der Waals surface area contributed by atoms with Crippen molar-refractivity contribution >= 4 is 28.7 Å². The van der Waals surface area contributed by atoms with Crippen LogP contribution in [-0.2, 0) is 16.0 Å². The highest BCUT2D eigenvalue weighted by atomic mass is 16.2. The number of aromatic amines is 1. The van der Waals surface area contributed by atoms with E-state index in [1.54, 1.807) is 0 Å². The molecule has 0 spiro atoms. The number of aliphatic imine (C=N–C) groups is 1. The third-order valence-electron chi connectivity index (χ3n) is 5.82. The number of fused-ring (bicyclic) bond motifs is 1. The van der Waals surface area contributed by atoms with E-state index in [0.717, 1.165) is 42.4 Å². The lowest BCUT2D eigenvalue weighted by Crippen LogP contribution is -2.52. The minimum absolute atomic E-state index is 0.00893. The Bertz CT molecular complexity index is 938. The Morgan fingerprint density at radius 1 is 1.03 bits per heavy atom. The molecule has 2 amide bonds. The average Bonchev–Trinajstić information content (AvgIpc) is 3.25. The highest BCUT2D eigenvalue weighted by Gasteiger charge is 2.24. The quantitative estimate of drug-likeness (QED) is 0.0990. The second-order valence-electron chi connectivity index (χ2n) is 8.78. The fourth-order valence-corrected chi connectivity index (χ4v) is 3.83. The van der Waals surface area contributed by atoms with Gasteiger partial charge < -0.3 is 38.1 Å². The summed E-state index contributed by atoms with van der Waals surface area (Å²) in [5, 5.41) is 10.2. The minimum atomic E-state index is -0.755. The second-order valence-corrected chi connectivity index (χ2v) is 8.78. The summed E-state index contributed by atoms with van der Waals surface area (Å²) in [7, 11) is 0. The molecule has 2 unspecified atom stereocenters. The summed E-state index contributed by atoms with van der Waals surface area (Å²) in [6, 6.07) is 6.39. The molecular formula is C25H42N8O2. The van der Waals surface area contributed by atoms with Crippen molar-refractivity contribution in [1.29, 1.82) is 0 Å². The summed E-state index contributed by atoms with van der Waals surface area (Å²) >= 11 is 0. The van der Waals surface area contributed by atoms with Gasteiger partial charge in [0.25, 0.3) is 0 Å². The number of unbranched alkanes of at least 4 members (excludes halogenated alkanes) is 2. The van der Waals surface area contributed by atoms with Gasteiger partial charge in [0, 0.05) is 36.6 Å². The van der Waals surface area contributed by atoms with Crippen LogP contribution in [0.3, 0.4) is 0 Å². The number of carbonyl (C=O) groups excluding carboxylic acids is 2. The number of aromatic nitrogens is 1. The van der Waals surface area contributed by atoms with E-state index in [1.807, 2.05) is 30.5 Å². The van der Waals surface area contributed by atoms with Gasteiger partial charge in [-0.25, -0.2) is 0 Å². The Kier molecular flexibility index (Phi) is 12.6. The molecule has 1 heterocycles. The molecule has 10 heteroatoms. The number of H-pyrrole nitrogens is 1. The molecule has 0 saturated heterocycles. The van der Waals surface area contributed by atoms with Crippen LogP contribution in [0.1, 0.15) is 51.0 Å². The number of guanidine groups is 1. The highest BCUT2D eigenvalue weighted by Crippen LogP contribution is 2.19. The summed E-state index contributed by atoms with van der Waals surface area (Å²) in [5.41, 5.74) is 18.7. The number of hydrogen-bond donors (Lipinski definition) is 7. The number of nitrogens with zero attached hydrogens (tertiary/aromatic N) is 1. The summed E-state index contributed by atoms with van der Waals surface area (Å²) in [5.74, 6) is -0.579. The first-order chi connectivity index (χ1) is 16.9. The zero-order valence-electron chi connectivity index (χ0n) is 20.8. The second kappa shape index (κ2) is 15.7. The first kappa shape index (κ1) is 28.1. The Balaban J connectivity index is 1.93. The fraction of sp³-hybridized carbons (Fsp3) is 0.560. The fourth-order valence-electron chi connectivity index (χ4n) is 3.83. The number of benzene rings is 1. The molecule has 2 atom stereocenters. The van der Waals surface area contributed by atoms with E-state index in [9.17, 15) is 9.59 Å². The number of hydrogen-bond acceptors (Lipinski definition) is 5. The number of rotatable bonds is 17. The summed E-state index contributed by atoms with van der Waals surface area (Å²) < 4.78 is 0. The smallest absolute Gasteiger partial charge is 0.242 e. The normalized spacial score (nSPS) is 12.7. The summed E-state index contributed by atoms with van der Waals surface area (Å²) in [4.78, 5) is 32.9. The van der Waals surface area contributed by atoms with Crippen LogP contribution >= 0.6 is 0 Å².